The second kappa shape index (κ2) is 6.43. The molecule has 11 heavy (non-hydrogen) atoms. The third kappa shape index (κ3) is 7.27. The maximum absolute atomic E-state index is 2.65. The normalized spacial score (nSPS) is 13.1. The molecule has 0 saturated heterocycles. The summed E-state index contributed by atoms with van der Waals surface area (Å²) < 4.78 is 2.65. The van der Waals surface area contributed by atoms with Gasteiger partial charge in [-0.15, -0.1) is 21.8 Å². The molecule has 0 aromatic heterocycles. The van der Waals surface area contributed by atoms with Crippen molar-refractivity contribution in [3.05, 3.63) is 0 Å². The van der Waals surface area contributed by atoms with E-state index in [2.05, 4.69) is 54.1 Å². The predicted molar refractivity (Wildman–Crippen MR) is 63.8 cm³/mol. The lowest BCUT2D eigenvalue weighted by molar-refractivity contribution is 0.351. The average Bonchev–Trinajstić information content (AvgIpc) is 1.84. The second-order valence-electron chi connectivity index (χ2n) is 3.94. The molecule has 0 aliphatic rings. The molecule has 1 nitrogen and oxygen atoms in total. The maximum Gasteiger partial charge on any atom is 0.166 e. The molecule has 68 valence electrons. The first kappa shape index (κ1) is 11.9. The van der Waals surface area contributed by atoms with Crippen LogP contribution in [-0.2, 0) is 0 Å². The molecule has 3 heteroatoms. The van der Waals surface area contributed by atoms with Crippen LogP contribution in [-0.4, -0.2) is 24.8 Å². The first-order valence-electron chi connectivity index (χ1n) is 4.34. The molecule has 0 aromatic carbocycles. The predicted octanol–water partition coefficient (Wildman–Crippen LogP) is 2.03. The average molecular weight is 285 g/mol. The Bertz CT molecular complexity index is 86.1. The fraction of sp³-hybridized carbons (Fsp3) is 1.00. The standard InChI is InChI=1S/C8H20INSi/c1-7(2)5-10(11-9)6-8(3)4/h7-8H,5-6,11H2,1-4H3. The van der Waals surface area contributed by atoms with Gasteiger partial charge in [0.25, 0.3) is 0 Å². The largest absolute Gasteiger partial charge is 0.320 e. The second-order valence-corrected chi connectivity index (χ2v) is 7.12. The lowest BCUT2D eigenvalue weighted by Gasteiger charge is -2.23. The molecule has 0 fully saturated rings. The molecule has 0 heterocycles. The number of halogens is 1. The van der Waals surface area contributed by atoms with Crippen molar-refractivity contribution in [3.8, 4) is 0 Å². The van der Waals surface area contributed by atoms with Crippen LogP contribution in [0.25, 0.3) is 0 Å². The zero-order valence-electron chi connectivity index (χ0n) is 8.10. The first-order chi connectivity index (χ1) is 5.06. The summed E-state index contributed by atoms with van der Waals surface area (Å²) in [4.78, 5) is 0. The van der Waals surface area contributed by atoms with E-state index >= 15 is 0 Å². The van der Waals surface area contributed by atoms with Crippen molar-refractivity contribution in [3.63, 3.8) is 0 Å². The van der Waals surface area contributed by atoms with Crippen molar-refractivity contribution < 1.29 is 0 Å². The zero-order chi connectivity index (χ0) is 8.85. The van der Waals surface area contributed by atoms with Crippen molar-refractivity contribution >= 4 is 29.0 Å². The van der Waals surface area contributed by atoms with Gasteiger partial charge in [0.15, 0.2) is 7.18 Å². The van der Waals surface area contributed by atoms with E-state index in [4.69, 9.17) is 0 Å². The van der Waals surface area contributed by atoms with Gasteiger partial charge < -0.3 is 4.57 Å². The van der Waals surface area contributed by atoms with Crippen molar-refractivity contribution in [2.24, 2.45) is 11.8 Å². The Morgan fingerprint density at radius 2 is 1.45 bits per heavy atom. The van der Waals surface area contributed by atoms with Crippen LogP contribution >= 0.6 is 21.8 Å². The third-order valence-corrected chi connectivity index (χ3v) is 5.16. The van der Waals surface area contributed by atoms with Gasteiger partial charge in [-0.25, -0.2) is 0 Å². The van der Waals surface area contributed by atoms with Crippen LogP contribution in [0.5, 0.6) is 0 Å². The molecule has 0 aliphatic heterocycles. The molecule has 0 spiro atoms. The first-order valence-corrected chi connectivity index (χ1v) is 10.1. The maximum atomic E-state index is 2.65. The minimum Gasteiger partial charge on any atom is -0.320 e. The van der Waals surface area contributed by atoms with Gasteiger partial charge in [0, 0.05) is 0 Å². The van der Waals surface area contributed by atoms with Gasteiger partial charge in [-0.05, 0) is 24.9 Å². The molecular weight excluding hydrogens is 265 g/mol. The summed E-state index contributed by atoms with van der Waals surface area (Å²) in [5.74, 6) is 1.66. The molecule has 0 N–H and O–H groups in total. The van der Waals surface area contributed by atoms with E-state index in [-0.39, 0.29) is 7.18 Å². The molecule has 0 rings (SSSR count). The van der Waals surface area contributed by atoms with Crippen LogP contribution in [0.15, 0.2) is 0 Å². The Hall–Kier alpha value is 0.907. The highest BCUT2D eigenvalue weighted by Crippen LogP contribution is 2.03. The summed E-state index contributed by atoms with van der Waals surface area (Å²) in [7, 11) is 0.0457. The van der Waals surface area contributed by atoms with E-state index in [9.17, 15) is 0 Å². The molecule has 0 aliphatic carbocycles. The number of rotatable bonds is 5. The van der Waals surface area contributed by atoms with Gasteiger partial charge in [-0.2, -0.15) is 0 Å². The van der Waals surface area contributed by atoms with Crippen LogP contribution in [0.1, 0.15) is 27.7 Å². The van der Waals surface area contributed by atoms with Crippen LogP contribution < -0.4 is 0 Å². The highest BCUT2D eigenvalue weighted by Gasteiger charge is 2.06. The van der Waals surface area contributed by atoms with Crippen molar-refractivity contribution in [2.45, 2.75) is 27.7 Å². The monoisotopic (exact) mass is 285 g/mol. The lowest BCUT2D eigenvalue weighted by Crippen LogP contribution is -2.32. The smallest absolute Gasteiger partial charge is 0.166 e. The molecule has 0 aromatic rings. The Morgan fingerprint density at radius 3 is 1.64 bits per heavy atom. The van der Waals surface area contributed by atoms with Crippen molar-refractivity contribution in [1.29, 1.82) is 0 Å². The van der Waals surface area contributed by atoms with Crippen LogP contribution in [0.4, 0.5) is 0 Å². The van der Waals surface area contributed by atoms with E-state index in [1.54, 1.807) is 0 Å². The molecule has 0 saturated carbocycles. The zero-order valence-corrected chi connectivity index (χ0v) is 11.7. The molecular formula is C8H20INSi. The fourth-order valence-electron chi connectivity index (χ4n) is 1.20. The van der Waals surface area contributed by atoms with Crippen LogP contribution in [0, 0.1) is 11.8 Å². The Morgan fingerprint density at radius 1 is 1.09 bits per heavy atom. The highest BCUT2D eigenvalue weighted by atomic mass is 127. The summed E-state index contributed by atoms with van der Waals surface area (Å²) in [5.41, 5.74) is 0. The van der Waals surface area contributed by atoms with Crippen LogP contribution in [0.2, 0.25) is 0 Å². The van der Waals surface area contributed by atoms with Gasteiger partial charge in [0.05, 0.1) is 0 Å². The number of hydrogen-bond donors (Lipinski definition) is 0. The summed E-state index contributed by atoms with van der Waals surface area (Å²) in [6.45, 7) is 11.8. The number of hydrogen-bond acceptors (Lipinski definition) is 1. The van der Waals surface area contributed by atoms with E-state index in [0.717, 1.165) is 11.8 Å². The summed E-state index contributed by atoms with van der Waals surface area (Å²) in [6, 6.07) is 0. The van der Waals surface area contributed by atoms with Gasteiger partial charge in [0.1, 0.15) is 0 Å². The molecule has 0 atom stereocenters. The quantitative estimate of drug-likeness (QED) is 0.424. The SMILES string of the molecule is CC(C)CN(CC(C)C)[SiH2]I. The van der Waals surface area contributed by atoms with Gasteiger partial charge in [-0.1, -0.05) is 27.7 Å². The molecule has 0 bridgehead atoms. The van der Waals surface area contributed by atoms with Gasteiger partial charge in [-0.3, -0.25) is 0 Å². The fourth-order valence-corrected chi connectivity index (χ4v) is 4.10. The minimum absolute atomic E-state index is 0.0457. The van der Waals surface area contributed by atoms with Crippen molar-refractivity contribution in [1.82, 2.24) is 4.57 Å². The summed E-state index contributed by atoms with van der Waals surface area (Å²) >= 11 is 2.58. The Kier molecular flexibility index (Phi) is 6.96. The van der Waals surface area contributed by atoms with Gasteiger partial charge in [0.2, 0.25) is 0 Å². The van der Waals surface area contributed by atoms with E-state index < -0.39 is 0 Å². The van der Waals surface area contributed by atoms with E-state index in [1.807, 2.05) is 0 Å². The van der Waals surface area contributed by atoms with E-state index in [0.29, 0.717) is 0 Å². The van der Waals surface area contributed by atoms with Gasteiger partial charge >= 0.3 is 0 Å². The molecule has 0 radical (unpaired) electrons. The lowest BCUT2D eigenvalue weighted by atomic mass is 10.2. The molecule has 0 amide bonds. The minimum atomic E-state index is 0.0457. The van der Waals surface area contributed by atoms with Crippen LogP contribution in [0.3, 0.4) is 0 Å². The summed E-state index contributed by atoms with van der Waals surface area (Å²) in [6.07, 6.45) is 0. The summed E-state index contributed by atoms with van der Waals surface area (Å²) in [5, 5.41) is 0. The Labute approximate surface area is 86.0 Å². The number of nitrogens with zero attached hydrogens (tertiary/aromatic N) is 1. The topological polar surface area (TPSA) is 3.24 Å². The molecule has 0 unspecified atom stereocenters. The highest BCUT2D eigenvalue weighted by molar-refractivity contribution is 14.1. The van der Waals surface area contributed by atoms with E-state index in [1.165, 1.54) is 13.1 Å². The Balaban J connectivity index is 3.58. The van der Waals surface area contributed by atoms with Crippen molar-refractivity contribution in [2.75, 3.05) is 13.1 Å². The third-order valence-electron chi connectivity index (χ3n) is 1.42.